The largest absolute Gasteiger partial charge is 0.629 e. The van der Waals surface area contributed by atoms with Crippen molar-refractivity contribution in [1.82, 2.24) is 0 Å². The molecule has 0 amide bonds. The van der Waals surface area contributed by atoms with Crippen LogP contribution in [0.2, 0.25) is 0 Å². The van der Waals surface area contributed by atoms with Gasteiger partial charge in [-0.3, -0.25) is 0 Å². The lowest BCUT2D eigenvalue weighted by molar-refractivity contribution is -0.947. The highest BCUT2D eigenvalue weighted by Crippen LogP contribution is 2.49. The standard InChI is InChI=1S/C36H59NO9/c1-23(2)26(18-25-14-15-29(41-12)31(19-25)42-17-13-16-40-11)20-28-30(44-34(38)46-36(8,9)10)21-27(24(3)4)32-33(45-32)37(28,39)22-43-35(5,6)7/h14-15,19,23,26-28,30,32-33H,3,13,16-18,20-22H2,1-2,4-12H3/t26-,27?,28-,30-,32-,33?,37?/m0/s1. The van der Waals surface area contributed by atoms with E-state index in [9.17, 15) is 4.79 Å². The van der Waals surface area contributed by atoms with E-state index in [0.29, 0.717) is 44.0 Å². The molecule has 0 bridgehead atoms. The van der Waals surface area contributed by atoms with Crippen LogP contribution in [0.25, 0.3) is 0 Å². The van der Waals surface area contributed by atoms with Crippen molar-refractivity contribution >= 4 is 6.16 Å². The Labute approximate surface area is 276 Å². The first-order valence-corrected chi connectivity index (χ1v) is 16.6. The predicted octanol–water partition coefficient (Wildman–Crippen LogP) is 7.41. The van der Waals surface area contributed by atoms with Gasteiger partial charge in [0.1, 0.15) is 17.7 Å². The number of likely N-dealkylation sites (tertiary alicyclic amines) is 1. The van der Waals surface area contributed by atoms with Gasteiger partial charge in [-0.2, -0.15) is 0 Å². The van der Waals surface area contributed by atoms with Crippen LogP contribution < -0.4 is 9.47 Å². The summed E-state index contributed by atoms with van der Waals surface area (Å²) in [6.07, 6.45) is -0.120. The van der Waals surface area contributed by atoms with Crippen LogP contribution in [-0.4, -0.2) is 80.6 Å². The highest BCUT2D eigenvalue weighted by atomic mass is 16.8. The Balaban J connectivity index is 2.00. The Morgan fingerprint density at radius 2 is 1.78 bits per heavy atom. The number of hydrogen-bond donors (Lipinski definition) is 0. The number of carbonyl (C=O) groups is 1. The van der Waals surface area contributed by atoms with Gasteiger partial charge >= 0.3 is 6.16 Å². The fraction of sp³-hybridized carbons (Fsp3) is 0.750. The van der Waals surface area contributed by atoms with E-state index in [2.05, 4.69) is 20.4 Å². The maximum atomic E-state index is 15.2. The maximum absolute atomic E-state index is 15.2. The first kappa shape index (κ1) is 38.1. The van der Waals surface area contributed by atoms with Gasteiger partial charge in [-0.1, -0.05) is 32.1 Å². The Kier molecular flexibility index (Phi) is 13.0. The van der Waals surface area contributed by atoms with Gasteiger partial charge < -0.3 is 43.0 Å². The maximum Gasteiger partial charge on any atom is 0.509 e. The lowest BCUT2D eigenvalue weighted by atomic mass is 9.81. The van der Waals surface area contributed by atoms with Gasteiger partial charge in [-0.25, -0.2) is 4.79 Å². The summed E-state index contributed by atoms with van der Waals surface area (Å²) in [6.45, 7) is 22.6. The summed E-state index contributed by atoms with van der Waals surface area (Å²) in [5, 5.41) is 15.2. The molecule has 0 spiro atoms. The fourth-order valence-electron chi connectivity index (χ4n) is 6.12. The second-order valence-corrected chi connectivity index (χ2v) is 15.2. The molecule has 2 aliphatic rings. The minimum absolute atomic E-state index is 0.0594. The number of ether oxygens (including phenoxy) is 7. The van der Waals surface area contributed by atoms with E-state index in [4.69, 9.17) is 33.2 Å². The van der Waals surface area contributed by atoms with Crippen LogP contribution in [0, 0.1) is 23.0 Å². The molecule has 0 aromatic heterocycles. The zero-order valence-corrected chi connectivity index (χ0v) is 30.1. The van der Waals surface area contributed by atoms with Gasteiger partial charge in [0.05, 0.1) is 19.3 Å². The van der Waals surface area contributed by atoms with Crippen LogP contribution in [0.3, 0.4) is 0 Å². The van der Waals surface area contributed by atoms with E-state index in [0.717, 1.165) is 17.6 Å². The molecule has 262 valence electrons. The van der Waals surface area contributed by atoms with Crippen LogP contribution in [0.4, 0.5) is 4.79 Å². The van der Waals surface area contributed by atoms with Crippen LogP contribution in [-0.2, 0) is 30.1 Å². The lowest BCUT2D eigenvalue weighted by Crippen LogP contribution is -2.60. The van der Waals surface area contributed by atoms with Gasteiger partial charge in [0, 0.05) is 32.5 Å². The summed E-state index contributed by atoms with van der Waals surface area (Å²) in [4.78, 5) is 13.1. The molecule has 2 aliphatic heterocycles. The third-order valence-electron chi connectivity index (χ3n) is 8.74. The SMILES string of the molecule is C=C(C)C1C[C@H](OC(=O)OC(C)(C)C)[C@H](C[C@H](Cc2ccc(OC)c(OCCCOC)c2)C(C)C)[N+]([O-])(COC(C)(C)C)C2O[C@@H]12. The molecule has 10 nitrogen and oxygen atoms in total. The van der Waals surface area contributed by atoms with Gasteiger partial charge in [0.2, 0.25) is 6.23 Å². The highest BCUT2D eigenvalue weighted by Gasteiger charge is 2.63. The molecule has 46 heavy (non-hydrogen) atoms. The molecular formula is C36H59NO9. The van der Waals surface area contributed by atoms with Crippen LogP contribution in [0.5, 0.6) is 11.5 Å². The van der Waals surface area contributed by atoms with E-state index in [1.807, 2.05) is 45.9 Å². The first-order valence-electron chi connectivity index (χ1n) is 16.6. The lowest BCUT2D eigenvalue weighted by Gasteiger charge is -2.50. The molecule has 1 aromatic rings. The minimum Gasteiger partial charge on any atom is -0.629 e. The smallest absolute Gasteiger partial charge is 0.509 e. The molecule has 2 saturated heterocycles. The van der Waals surface area contributed by atoms with Crippen LogP contribution >= 0.6 is 0 Å². The molecule has 3 rings (SSSR count). The quantitative estimate of drug-likeness (QED) is 0.0479. The normalized spacial score (nSPS) is 26.9. The number of epoxide rings is 1. The Hall–Kier alpha value is -2.37. The predicted molar refractivity (Wildman–Crippen MR) is 177 cm³/mol. The summed E-state index contributed by atoms with van der Waals surface area (Å²) in [5.74, 6) is 1.47. The molecule has 0 saturated carbocycles. The summed E-state index contributed by atoms with van der Waals surface area (Å²) in [7, 11) is 3.30. The fourth-order valence-corrected chi connectivity index (χ4v) is 6.12. The molecule has 0 aliphatic carbocycles. The van der Waals surface area contributed by atoms with Crippen molar-refractivity contribution in [2.24, 2.45) is 17.8 Å². The van der Waals surface area contributed by atoms with Crippen molar-refractivity contribution in [2.75, 3.05) is 34.2 Å². The molecular weight excluding hydrogens is 590 g/mol. The summed E-state index contributed by atoms with van der Waals surface area (Å²) >= 11 is 0. The zero-order chi connectivity index (χ0) is 34.4. The first-order chi connectivity index (χ1) is 21.4. The van der Waals surface area contributed by atoms with Crippen molar-refractivity contribution in [1.29, 1.82) is 0 Å². The number of carbonyl (C=O) groups excluding carboxylic acids is 1. The van der Waals surface area contributed by atoms with E-state index in [-0.39, 0.29) is 30.6 Å². The average Bonchev–Trinajstić information content (AvgIpc) is 3.74. The van der Waals surface area contributed by atoms with Crippen molar-refractivity contribution in [3.8, 4) is 11.5 Å². The van der Waals surface area contributed by atoms with Crippen LogP contribution in [0.15, 0.2) is 30.4 Å². The summed E-state index contributed by atoms with van der Waals surface area (Å²) < 4.78 is 40.0. The average molecular weight is 650 g/mol. The van der Waals surface area contributed by atoms with Gasteiger partial charge in [-0.15, -0.1) is 0 Å². The Bertz CT molecular complexity index is 1160. The number of rotatable bonds is 15. The zero-order valence-electron chi connectivity index (χ0n) is 30.1. The third-order valence-corrected chi connectivity index (χ3v) is 8.74. The second-order valence-electron chi connectivity index (χ2n) is 15.2. The molecule has 0 radical (unpaired) electrons. The Morgan fingerprint density at radius 3 is 2.35 bits per heavy atom. The number of hydrogen-bond acceptors (Lipinski definition) is 9. The van der Waals surface area contributed by atoms with Gasteiger partial charge in [0.15, 0.2) is 24.3 Å². The third kappa shape index (κ3) is 10.6. The molecule has 1 aromatic carbocycles. The number of quaternary nitrogens is 1. The topological polar surface area (TPSA) is 108 Å². The minimum atomic E-state index is -0.783. The number of benzene rings is 1. The van der Waals surface area contributed by atoms with Gasteiger partial charge in [0.25, 0.3) is 0 Å². The molecule has 7 atom stereocenters. The van der Waals surface area contributed by atoms with Crippen molar-refractivity contribution in [2.45, 2.75) is 124 Å². The monoisotopic (exact) mass is 649 g/mol. The Morgan fingerprint density at radius 1 is 1.09 bits per heavy atom. The van der Waals surface area contributed by atoms with E-state index >= 15 is 5.21 Å². The van der Waals surface area contributed by atoms with Gasteiger partial charge in [-0.05, 0) is 90.8 Å². The molecule has 3 unspecified atom stereocenters. The summed E-state index contributed by atoms with van der Waals surface area (Å²) in [6, 6.07) is 5.31. The molecule has 0 N–H and O–H groups in total. The number of methoxy groups -OCH3 is 2. The summed E-state index contributed by atoms with van der Waals surface area (Å²) in [5.41, 5.74) is 0.667. The van der Waals surface area contributed by atoms with Crippen molar-refractivity contribution < 1.29 is 42.6 Å². The van der Waals surface area contributed by atoms with E-state index in [1.165, 1.54) is 0 Å². The second kappa shape index (κ2) is 15.7. The van der Waals surface area contributed by atoms with Crippen molar-refractivity contribution in [3.63, 3.8) is 0 Å². The molecule has 2 heterocycles. The van der Waals surface area contributed by atoms with E-state index < -0.39 is 40.4 Å². The molecule has 2 fully saturated rings. The number of nitrogens with zero attached hydrogens (tertiary/aromatic N) is 1. The van der Waals surface area contributed by atoms with Crippen LogP contribution in [0.1, 0.15) is 87.1 Å². The molecule has 10 heteroatoms. The number of fused-ring (bicyclic) bond motifs is 1. The highest BCUT2D eigenvalue weighted by molar-refractivity contribution is 5.60. The van der Waals surface area contributed by atoms with Crippen molar-refractivity contribution in [3.05, 3.63) is 41.1 Å². The van der Waals surface area contributed by atoms with E-state index in [1.54, 1.807) is 35.0 Å². The number of hydroxylamine groups is 3.